The van der Waals surface area contributed by atoms with Crippen LogP contribution in [-0.2, 0) is 19.9 Å². The van der Waals surface area contributed by atoms with Gasteiger partial charge in [-0.3, -0.25) is 0 Å². The molecule has 1 saturated heterocycles. The molecule has 2 atom stereocenters. The van der Waals surface area contributed by atoms with Crippen LogP contribution in [0.3, 0.4) is 0 Å². The Labute approximate surface area is 156 Å². The van der Waals surface area contributed by atoms with Crippen LogP contribution in [0.2, 0.25) is 0 Å². The molecule has 0 saturated carbocycles. The smallest absolute Gasteiger partial charge is 0.141 e. The van der Waals surface area contributed by atoms with Gasteiger partial charge in [0.25, 0.3) is 0 Å². The zero-order valence-corrected chi connectivity index (χ0v) is 15.7. The minimum absolute atomic E-state index is 0.168. The second-order valence-corrected chi connectivity index (χ2v) is 8.51. The van der Waals surface area contributed by atoms with E-state index in [0.717, 1.165) is 48.8 Å². The lowest BCUT2D eigenvalue weighted by Gasteiger charge is -2.36. The summed E-state index contributed by atoms with van der Waals surface area (Å²) < 4.78 is 1.91. The average molecular weight is 369 g/mol. The number of aromatic nitrogens is 4. The molecule has 3 aromatic heterocycles. The molecule has 2 unspecified atom stereocenters. The maximum absolute atomic E-state index is 10.9. The number of thiophene rings is 1. The van der Waals surface area contributed by atoms with Gasteiger partial charge in [-0.25, -0.2) is 15.0 Å². The fraction of sp³-hybridized carbons (Fsp3) is 0.526. The Kier molecular flexibility index (Phi) is 3.94. The number of aryl methyl sites for hydroxylation is 3. The minimum Gasteiger partial charge on any atom is -0.385 e. The number of piperidine rings is 1. The molecule has 5 rings (SSSR count). The van der Waals surface area contributed by atoms with Gasteiger partial charge in [-0.1, -0.05) is 0 Å². The number of anilines is 1. The van der Waals surface area contributed by atoms with Crippen molar-refractivity contribution in [3.05, 3.63) is 35.0 Å². The van der Waals surface area contributed by atoms with E-state index < -0.39 is 6.10 Å². The lowest BCUT2D eigenvalue weighted by molar-refractivity contribution is 0.0874. The minimum atomic E-state index is -0.539. The second kappa shape index (κ2) is 6.32. The molecule has 0 bridgehead atoms. The van der Waals surface area contributed by atoms with Crippen LogP contribution < -0.4 is 4.90 Å². The van der Waals surface area contributed by atoms with Gasteiger partial charge in [0.05, 0.1) is 5.39 Å². The van der Waals surface area contributed by atoms with Crippen molar-refractivity contribution in [3.8, 4) is 0 Å². The monoisotopic (exact) mass is 369 g/mol. The standard InChI is InChI=1S/C19H23N5OS/c1-23-9-7-20-18(23)16(25)12-4-3-8-24(10-12)17-15-13-5-2-6-14(13)26-19(15)22-11-21-17/h7,9,11-12,16,25H,2-6,8,10H2,1H3. The second-order valence-electron chi connectivity index (χ2n) is 7.42. The highest BCUT2D eigenvalue weighted by atomic mass is 32.1. The molecular formula is C19H23N5OS. The molecule has 0 aromatic carbocycles. The van der Waals surface area contributed by atoms with Gasteiger partial charge in [0.2, 0.25) is 0 Å². The van der Waals surface area contributed by atoms with E-state index in [2.05, 4.69) is 19.9 Å². The van der Waals surface area contributed by atoms with Gasteiger partial charge < -0.3 is 14.6 Å². The van der Waals surface area contributed by atoms with Crippen LogP contribution in [0.15, 0.2) is 18.7 Å². The van der Waals surface area contributed by atoms with Crippen molar-refractivity contribution >= 4 is 27.4 Å². The van der Waals surface area contributed by atoms with Crippen molar-refractivity contribution in [3.63, 3.8) is 0 Å². The Hall–Kier alpha value is -1.99. The van der Waals surface area contributed by atoms with Gasteiger partial charge in [-0.05, 0) is 37.7 Å². The fourth-order valence-electron chi connectivity index (χ4n) is 4.48. The van der Waals surface area contributed by atoms with Crippen molar-refractivity contribution in [2.75, 3.05) is 18.0 Å². The topological polar surface area (TPSA) is 67.1 Å². The van der Waals surface area contributed by atoms with E-state index in [4.69, 9.17) is 0 Å². The molecule has 1 fully saturated rings. The van der Waals surface area contributed by atoms with Gasteiger partial charge in [0.1, 0.15) is 28.9 Å². The van der Waals surface area contributed by atoms with E-state index in [-0.39, 0.29) is 5.92 Å². The van der Waals surface area contributed by atoms with Crippen LogP contribution in [0.1, 0.15) is 41.6 Å². The van der Waals surface area contributed by atoms with E-state index in [1.165, 1.54) is 28.7 Å². The number of aliphatic hydroxyl groups is 1. The van der Waals surface area contributed by atoms with E-state index >= 15 is 0 Å². The highest BCUT2D eigenvalue weighted by molar-refractivity contribution is 7.19. The van der Waals surface area contributed by atoms with Crippen molar-refractivity contribution in [2.45, 2.75) is 38.2 Å². The number of nitrogens with zero attached hydrogens (tertiary/aromatic N) is 5. The van der Waals surface area contributed by atoms with Crippen molar-refractivity contribution in [1.29, 1.82) is 0 Å². The highest BCUT2D eigenvalue weighted by Crippen LogP contribution is 2.41. The summed E-state index contributed by atoms with van der Waals surface area (Å²) in [6.45, 7) is 1.80. The summed E-state index contributed by atoms with van der Waals surface area (Å²) >= 11 is 1.83. The molecule has 0 amide bonds. The fourth-order valence-corrected chi connectivity index (χ4v) is 5.71. The Bertz CT molecular complexity index is 949. The molecule has 26 heavy (non-hydrogen) atoms. The van der Waals surface area contributed by atoms with Crippen LogP contribution in [0.25, 0.3) is 10.2 Å². The lowest BCUT2D eigenvalue weighted by atomic mass is 9.91. The van der Waals surface area contributed by atoms with E-state index in [1.54, 1.807) is 12.5 Å². The number of imidazole rings is 1. The van der Waals surface area contributed by atoms with Gasteiger partial charge in [-0.2, -0.15) is 0 Å². The first-order chi connectivity index (χ1) is 12.7. The summed E-state index contributed by atoms with van der Waals surface area (Å²) in [7, 11) is 1.94. The third-order valence-corrected chi connectivity index (χ3v) is 7.01. The Morgan fingerprint density at radius 3 is 3.00 bits per heavy atom. The van der Waals surface area contributed by atoms with E-state index in [0.29, 0.717) is 0 Å². The molecule has 2 aliphatic rings. The van der Waals surface area contributed by atoms with Gasteiger partial charge in [0, 0.05) is 43.3 Å². The maximum Gasteiger partial charge on any atom is 0.141 e. The van der Waals surface area contributed by atoms with Gasteiger partial charge in [-0.15, -0.1) is 11.3 Å². The molecule has 0 radical (unpaired) electrons. The summed E-state index contributed by atoms with van der Waals surface area (Å²) in [6.07, 6.45) is 10.4. The average Bonchev–Trinajstić information content (AvgIpc) is 3.36. The molecule has 0 spiro atoms. The van der Waals surface area contributed by atoms with Crippen molar-refractivity contribution in [1.82, 2.24) is 19.5 Å². The van der Waals surface area contributed by atoms with Crippen molar-refractivity contribution in [2.24, 2.45) is 13.0 Å². The lowest BCUT2D eigenvalue weighted by Crippen LogP contribution is -2.39. The van der Waals surface area contributed by atoms with Crippen LogP contribution in [0, 0.1) is 5.92 Å². The molecule has 6 nitrogen and oxygen atoms in total. The number of fused-ring (bicyclic) bond motifs is 3. The summed E-state index contributed by atoms with van der Waals surface area (Å²) in [4.78, 5) is 18.5. The quantitative estimate of drug-likeness (QED) is 0.769. The molecule has 1 aliphatic carbocycles. The van der Waals surface area contributed by atoms with Crippen LogP contribution in [-0.4, -0.2) is 37.7 Å². The number of hydrogen-bond donors (Lipinski definition) is 1. The van der Waals surface area contributed by atoms with E-state index in [9.17, 15) is 5.11 Å². The van der Waals surface area contributed by atoms with Crippen LogP contribution in [0.5, 0.6) is 0 Å². The maximum atomic E-state index is 10.9. The predicted molar refractivity (Wildman–Crippen MR) is 103 cm³/mol. The molecule has 3 aromatic rings. The first-order valence-corrected chi connectivity index (χ1v) is 10.2. The molecule has 136 valence electrons. The zero-order chi connectivity index (χ0) is 17.7. The SMILES string of the molecule is Cn1ccnc1C(O)C1CCCN(c2ncnc3sc4c(c23)CCC4)C1. The molecule has 7 heteroatoms. The van der Waals surface area contributed by atoms with Crippen LogP contribution >= 0.6 is 11.3 Å². The predicted octanol–water partition coefficient (Wildman–Crippen LogP) is 2.86. The van der Waals surface area contributed by atoms with Gasteiger partial charge in [0.15, 0.2) is 0 Å². The van der Waals surface area contributed by atoms with E-state index in [1.807, 2.05) is 29.1 Å². The van der Waals surface area contributed by atoms with Crippen LogP contribution in [0.4, 0.5) is 5.82 Å². The summed E-state index contributed by atoms with van der Waals surface area (Å²) in [6, 6.07) is 0. The first-order valence-electron chi connectivity index (χ1n) is 9.38. The van der Waals surface area contributed by atoms with Gasteiger partial charge >= 0.3 is 0 Å². The Balaban J connectivity index is 1.47. The molecule has 4 heterocycles. The number of hydrogen-bond acceptors (Lipinski definition) is 6. The molecular weight excluding hydrogens is 346 g/mol. The number of aliphatic hydroxyl groups excluding tert-OH is 1. The third-order valence-electron chi connectivity index (χ3n) is 5.81. The normalized spacial score (nSPS) is 21.3. The zero-order valence-electron chi connectivity index (χ0n) is 14.9. The van der Waals surface area contributed by atoms with Crippen molar-refractivity contribution < 1.29 is 5.11 Å². The Morgan fingerprint density at radius 2 is 2.15 bits per heavy atom. The summed E-state index contributed by atoms with van der Waals surface area (Å²) in [5.41, 5.74) is 1.47. The third kappa shape index (κ3) is 2.53. The first kappa shape index (κ1) is 16.2. The summed E-state index contributed by atoms with van der Waals surface area (Å²) in [5, 5.41) is 12.1. The molecule has 1 N–H and O–H groups in total. The Morgan fingerprint density at radius 1 is 1.23 bits per heavy atom. The highest BCUT2D eigenvalue weighted by Gasteiger charge is 2.31. The number of rotatable bonds is 3. The summed E-state index contributed by atoms with van der Waals surface area (Å²) in [5.74, 6) is 1.98. The largest absolute Gasteiger partial charge is 0.385 e. The molecule has 1 aliphatic heterocycles.